The summed E-state index contributed by atoms with van der Waals surface area (Å²) in [6, 6.07) is 11.3. The Labute approximate surface area is 158 Å². The molecule has 0 unspecified atom stereocenters. The number of esters is 1. The third kappa shape index (κ3) is 4.65. The molecule has 0 saturated heterocycles. The molecule has 4 nitrogen and oxygen atoms in total. The fourth-order valence-corrected chi connectivity index (χ4v) is 2.79. The first kappa shape index (κ1) is 19.6. The van der Waals surface area contributed by atoms with Gasteiger partial charge in [-0.05, 0) is 78.9 Å². The first-order valence-corrected chi connectivity index (χ1v) is 8.42. The highest BCUT2D eigenvalue weighted by molar-refractivity contribution is 6.30. The molecule has 134 valence electrons. The van der Waals surface area contributed by atoms with Crippen LogP contribution in [0.2, 0.25) is 5.02 Å². The fraction of sp³-hybridized carbons (Fsp3) is 0.238. The molecule has 0 amide bonds. The minimum atomic E-state index is -0.651. The van der Waals surface area contributed by atoms with Crippen molar-refractivity contribution in [2.75, 3.05) is 7.11 Å². The Morgan fingerprint density at radius 2 is 1.88 bits per heavy atom. The molecule has 0 atom stereocenters. The molecule has 0 fully saturated rings. The fourth-order valence-electron chi connectivity index (χ4n) is 2.56. The summed E-state index contributed by atoms with van der Waals surface area (Å²) in [5.41, 5.74) is 4.70. The molecule has 0 aliphatic heterocycles. The van der Waals surface area contributed by atoms with E-state index in [4.69, 9.17) is 21.6 Å². The molecule has 0 spiro atoms. The molecule has 0 radical (unpaired) electrons. The van der Waals surface area contributed by atoms with Gasteiger partial charge in [-0.15, -0.1) is 0 Å². The zero-order valence-corrected chi connectivity index (χ0v) is 16.0. The van der Waals surface area contributed by atoms with E-state index in [1.165, 1.54) is 13.2 Å². The maximum Gasteiger partial charge on any atom is 0.348 e. The molecule has 0 heterocycles. The van der Waals surface area contributed by atoms with E-state index in [1.807, 2.05) is 51.1 Å². The van der Waals surface area contributed by atoms with Gasteiger partial charge >= 0.3 is 5.97 Å². The van der Waals surface area contributed by atoms with Crippen molar-refractivity contribution in [1.82, 2.24) is 0 Å². The monoisotopic (exact) mass is 369 g/mol. The van der Waals surface area contributed by atoms with Crippen LogP contribution in [0.15, 0.2) is 35.9 Å². The van der Waals surface area contributed by atoms with E-state index < -0.39 is 5.97 Å². The second-order valence-corrected chi connectivity index (χ2v) is 6.43. The van der Waals surface area contributed by atoms with Gasteiger partial charge in [0.25, 0.3) is 0 Å². The standard InChI is InChI=1S/C21H20ClNO3/c1-13-7-14(2)18(10-16(13)9-17(11-23)21(24)25-4)12-26-20-6-5-19(22)8-15(20)3/h5-10H,12H2,1-4H3/b17-9+. The van der Waals surface area contributed by atoms with Gasteiger partial charge in [0.1, 0.15) is 24.0 Å². The molecular weight excluding hydrogens is 350 g/mol. The number of ether oxygens (including phenoxy) is 2. The smallest absolute Gasteiger partial charge is 0.348 e. The minimum Gasteiger partial charge on any atom is -0.489 e. The lowest BCUT2D eigenvalue weighted by Gasteiger charge is -2.13. The molecule has 0 saturated carbocycles. The van der Waals surface area contributed by atoms with Crippen LogP contribution in [0.4, 0.5) is 0 Å². The Morgan fingerprint density at radius 3 is 2.50 bits per heavy atom. The second kappa shape index (κ2) is 8.55. The summed E-state index contributed by atoms with van der Waals surface area (Å²) < 4.78 is 10.5. The zero-order chi connectivity index (χ0) is 19.3. The van der Waals surface area contributed by atoms with Gasteiger partial charge in [-0.1, -0.05) is 17.7 Å². The van der Waals surface area contributed by atoms with Gasteiger partial charge in [-0.3, -0.25) is 0 Å². The average molecular weight is 370 g/mol. The maximum absolute atomic E-state index is 11.6. The third-order valence-corrected chi connectivity index (χ3v) is 4.31. The Balaban J connectivity index is 2.31. The van der Waals surface area contributed by atoms with Gasteiger partial charge in [-0.2, -0.15) is 5.26 Å². The molecule has 5 heteroatoms. The van der Waals surface area contributed by atoms with Crippen LogP contribution in [0.5, 0.6) is 5.75 Å². The van der Waals surface area contributed by atoms with Crippen LogP contribution in [0.3, 0.4) is 0 Å². The number of nitriles is 1. The molecule has 26 heavy (non-hydrogen) atoms. The Morgan fingerprint density at radius 1 is 1.15 bits per heavy atom. The summed E-state index contributed by atoms with van der Waals surface area (Å²) in [6.45, 7) is 6.24. The number of methoxy groups -OCH3 is 1. The molecular formula is C21H20ClNO3. The van der Waals surface area contributed by atoms with E-state index in [-0.39, 0.29) is 5.57 Å². The van der Waals surface area contributed by atoms with E-state index in [0.29, 0.717) is 11.6 Å². The minimum absolute atomic E-state index is 0.0418. The van der Waals surface area contributed by atoms with Crippen LogP contribution >= 0.6 is 11.6 Å². The van der Waals surface area contributed by atoms with E-state index in [0.717, 1.165) is 33.6 Å². The molecule has 0 aliphatic carbocycles. The molecule has 2 aromatic carbocycles. The lowest BCUT2D eigenvalue weighted by molar-refractivity contribution is -0.135. The predicted octanol–water partition coefficient (Wildman–Crippen LogP) is 4.92. The first-order chi connectivity index (χ1) is 12.3. The second-order valence-electron chi connectivity index (χ2n) is 6.00. The molecule has 2 aromatic rings. The molecule has 2 rings (SSSR count). The highest BCUT2D eigenvalue weighted by atomic mass is 35.5. The van der Waals surface area contributed by atoms with Crippen LogP contribution in [-0.2, 0) is 16.1 Å². The summed E-state index contributed by atoms with van der Waals surface area (Å²) in [6.07, 6.45) is 1.54. The quantitative estimate of drug-likeness (QED) is 0.426. The van der Waals surface area contributed by atoms with E-state index in [1.54, 1.807) is 6.07 Å². The Kier molecular flexibility index (Phi) is 6.43. The Bertz CT molecular complexity index is 910. The lowest BCUT2D eigenvalue weighted by Crippen LogP contribution is -2.04. The SMILES string of the molecule is COC(=O)/C(C#N)=C/c1cc(COc2ccc(Cl)cc2C)c(C)cc1C. The number of carbonyl (C=O) groups excluding carboxylic acids is 1. The van der Waals surface area contributed by atoms with Crippen LogP contribution in [0.25, 0.3) is 6.08 Å². The van der Waals surface area contributed by atoms with Crippen molar-refractivity contribution in [3.05, 3.63) is 68.7 Å². The number of aryl methyl sites for hydroxylation is 3. The predicted molar refractivity (Wildman–Crippen MR) is 102 cm³/mol. The van der Waals surface area contributed by atoms with Crippen molar-refractivity contribution in [3.63, 3.8) is 0 Å². The van der Waals surface area contributed by atoms with E-state index in [9.17, 15) is 4.79 Å². The summed E-state index contributed by atoms with van der Waals surface area (Å²) in [4.78, 5) is 11.6. The number of hydrogen-bond acceptors (Lipinski definition) is 4. The summed E-state index contributed by atoms with van der Waals surface area (Å²) >= 11 is 5.97. The van der Waals surface area contributed by atoms with Gasteiger partial charge < -0.3 is 9.47 Å². The Hall–Kier alpha value is -2.77. The molecule has 0 aliphatic rings. The van der Waals surface area contributed by atoms with Crippen molar-refractivity contribution in [3.8, 4) is 11.8 Å². The zero-order valence-electron chi connectivity index (χ0n) is 15.2. The van der Waals surface area contributed by atoms with Gasteiger partial charge in [0.05, 0.1) is 7.11 Å². The summed E-state index contributed by atoms with van der Waals surface area (Å²) in [7, 11) is 1.25. The van der Waals surface area contributed by atoms with Crippen molar-refractivity contribution < 1.29 is 14.3 Å². The van der Waals surface area contributed by atoms with Gasteiger partial charge in [0.15, 0.2) is 0 Å². The van der Waals surface area contributed by atoms with Crippen LogP contribution in [0.1, 0.15) is 27.8 Å². The highest BCUT2D eigenvalue weighted by Crippen LogP contribution is 2.25. The largest absolute Gasteiger partial charge is 0.489 e. The number of halogens is 1. The van der Waals surface area contributed by atoms with E-state index in [2.05, 4.69) is 4.74 Å². The maximum atomic E-state index is 11.6. The molecule has 0 aromatic heterocycles. The topological polar surface area (TPSA) is 59.3 Å². The number of nitrogens with zero attached hydrogens (tertiary/aromatic N) is 1. The third-order valence-electron chi connectivity index (χ3n) is 4.07. The average Bonchev–Trinajstić information content (AvgIpc) is 2.60. The van der Waals surface area contributed by atoms with Crippen molar-refractivity contribution in [2.24, 2.45) is 0 Å². The van der Waals surface area contributed by atoms with Crippen LogP contribution < -0.4 is 4.74 Å². The summed E-state index contributed by atoms with van der Waals surface area (Å²) in [5, 5.41) is 9.82. The highest BCUT2D eigenvalue weighted by Gasteiger charge is 2.11. The number of hydrogen-bond donors (Lipinski definition) is 0. The molecule has 0 bridgehead atoms. The van der Waals surface area contributed by atoms with Crippen molar-refractivity contribution in [2.45, 2.75) is 27.4 Å². The van der Waals surface area contributed by atoms with Crippen molar-refractivity contribution in [1.29, 1.82) is 5.26 Å². The molecule has 0 N–H and O–H groups in total. The van der Waals surface area contributed by atoms with Gasteiger partial charge in [-0.25, -0.2) is 4.79 Å². The first-order valence-electron chi connectivity index (χ1n) is 8.05. The van der Waals surface area contributed by atoms with Crippen molar-refractivity contribution >= 4 is 23.6 Å². The van der Waals surface area contributed by atoms with Crippen LogP contribution in [-0.4, -0.2) is 13.1 Å². The van der Waals surface area contributed by atoms with Gasteiger partial charge in [0.2, 0.25) is 0 Å². The normalized spacial score (nSPS) is 11.0. The van der Waals surface area contributed by atoms with Gasteiger partial charge in [0, 0.05) is 5.02 Å². The number of carbonyl (C=O) groups is 1. The number of benzene rings is 2. The number of rotatable bonds is 5. The van der Waals surface area contributed by atoms with Crippen LogP contribution in [0, 0.1) is 32.1 Å². The summed E-state index contributed by atoms with van der Waals surface area (Å²) in [5.74, 6) is 0.112. The lowest BCUT2D eigenvalue weighted by atomic mass is 9.98. The van der Waals surface area contributed by atoms with E-state index >= 15 is 0 Å².